The van der Waals surface area contributed by atoms with E-state index in [-0.39, 0.29) is 5.91 Å². The van der Waals surface area contributed by atoms with Gasteiger partial charge in [-0.3, -0.25) is 4.79 Å². The van der Waals surface area contributed by atoms with Crippen molar-refractivity contribution in [2.75, 3.05) is 5.32 Å². The minimum Gasteiger partial charge on any atom is -0.360 e. The zero-order valence-corrected chi connectivity index (χ0v) is 13.1. The fourth-order valence-electron chi connectivity index (χ4n) is 2.22. The monoisotopic (exact) mass is 376 g/mol. The van der Waals surface area contributed by atoms with E-state index in [1.165, 1.54) is 0 Å². The van der Waals surface area contributed by atoms with Crippen LogP contribution in [0, 0.1) is 10.5 Å². The number of anilines is 1. The number of aromatic amines is 1. The summed E-state index contributed by atoms with van der Waals surface area (Å²) in [4.78, 5) is 15.5. The molecule has 4 heteroatoms. The van der Waals surface area contributed by atoms with E-state index in [9.17, 15) is 4.79 Å². The number of hydrogen-bond acceptors (Lipinski definition) is 1. The Morgan fingerprint density at radius 3 is 2.80 bits per heavy atom. The van der Waals surface area contributed by atoms with Gasteiger partial charge in [0.05, 0.1) is 5.56 Å². The highest BCUT2D eigenvalue weighted by atomic mass is 127. The van der Waals surface area contributed by atoms with Crippen LogP contribution in [0.3, 0.4) is 0 Å². The maximum Gasteiger partial charge on any atom is 0.257 e. The van der Waals surface area contributed by atoms with Crippen LogP contribution in [0.4, 0.5) is 5.69 Å². The summed E-state index contributed by atoms with van der Waals surface area (Å²) < 4.78 is 1.16. The quantitative estimate of drug-likeness (QED) is 0.643. The normalized spacial score (nSPS) is 10.7. The largest absolute Gasteiger partial charge is 0.360 e. The van der Waals surface area contributed by atoms with E-state index in [2.05, 4.69) is 32.9 Å². The molecule has 3 rings (SSSR count). The van der Waals surface area contributed by atoms with Crippen molar-refractivity contribution in [3.05, 3.63) is 63.4 Å². The molecule has 20 heavy (non-hydrogen) atoms. The number of aryl methyl sites for hydroxylation is 1. The highest BCUT2D eigenvalue weighted by Crippen LogP contribution is 2.21. The number of nitrogens with one attached hydrogen (secondary N) is 2. The van der Waals surface area contributed by atoms with Gasteiger partial charge >= 0.3 is 0 Å². The third-order valence-corrected chi connectivity index (χ3v) is 3.94. The lowest BCUT2D eigenvalue weighted by atomic mass is 10.1. The van der Waals surface area contributed by atoms with E-state index < -0.39 is 0 Å². The molecule has 3 aromatic rings. The van der Waals surface area contributed by atoms with E-state index in [1.807, 2.05) is 49.4 Å². The molecule has 0 aliphatic rings. The van der Waals surface area contributed by atoms with E-state index in [0.717, 1.165) is 25.7 Å². The van der Waals surface area contributed by atoms with Gasteiger partial charge in [0.25, 0.3) is 5.91 Å². The van der Waals surface area contributed by atoms with Crippen molar-refractivity contribution >= 4 is 45.1 Å². The molecule has 0 aliphatic heterocycles. The van der Waals surface area contributed by atoms with Crippen molar-refractivity contribution in [2.24, 2.45) is 0 Å². The van der Waals surface area contributed by atoms with Crippen molar-refractivity contribution in [3.8, 4) is 0 Å². The molecule has 1 amide bonds. The van der Waals surface area contributed by atoms with Gasteiger partial charge in [-0.1, -0.05) is 18.2 Å². The molecular formula is C16H13IN2O. The predicted molar refractivity (Wildman–Crippen MR) is 90.1 cm³/mol. The zero-order valence-electron chi connectivity index (χ0n) is 10.9. The maximum atomic E-state index is 12.4. The first-order valence-corrected chi connectivity index (χ1v) is 7.36. The summed E-state index contributed by atoms with van der Waals surface area (Å²) in [6.45, 7) is 1.99. The number of carbonyl (C=O) groups is 1. The third-order valence-electron chi connectivity index (χ3n) is 3.27. The molecular weight excluding hydrogens is 363 g/mol. The first kappa shape index (κ1) is 13.2. The third kappa shape index (κ3) is 2.43. The van der Waals surface area contributed by atoms with Crippen molar-refractivity contribution in [1.82, 2.24) is 4.98 Å². The van der Waals surface area contributed by atoms with Crippen LogP contribution in [0.2, 0.25) is 0 Å². The van der Waals surface area contributed by atoms with Crippen LogP contribution in [0.5, 0.6) is 0 Å². The second kappa shape index (κ2) is 5.28. The van der Waals surface area contributed by atoms with Gasteiger partial charge in [0.15, 0.2) is 0 Å². The number of aromatic nitrogens is 1. The first-order valence-electron chi connectivity index (χ1n) is 6.29. The number of fused-ring (bicyclic) bond motifs is 1. The van der Waals surface area contributed by atoms with Crippen molar-refractivity contribution in [1.29, 1.82) is 0 Å². The number of rotatable bonds is 2. The summed E-state index contributed by atoms with van der Waals surface area (Å²) in [7, 11) is 0. The van der Waals surface area contributed by atoms with Crippen LogP contribution in [0.1, 0.15) is 15.9 Å². The Kier molecular flexibility index (Phi) is 3.48. The molecule has 0 saturated carbocycles. The Hall–Kier alpha value is -1.82. The van der Waals surface area contributed by atoms with Gasteiger partial charge in [0.1, 0.15) is 0 Å². The SMILES string of the molecule is Cc1cc(I)ccc1NC(=O)c1c[nH]c2ccccc12. The van der Waals surface area contributed by atoms with Crippen LogP contribution in [-0.2, 0) is 0 Å². The van der Waals surface area contributed by atoms with Crippen molar-refractivity contribution in [2.45, 2.75) is 6.92 Å². The van der Waals surface area contributed by atoms with Gasteiger partial charge in [-0.25, -0.2) is 0 Å². The summed E-state index contributed by atoms with van der Waals surface area (Å²) in [6, 6.07) is 13.8. The molecule has 0 aliphatic carbocycles. The number of benzene rings is 2. The topological polar surface area (TPSA) is 44.9 Å². The lowest BCUT2D eigenvalue weighted by Crippen LogP contribution is -2.12. The average molecular weight is 376 g/mol. The lowest BCUT2D eigenvalue weighted by molar-refractivity contribution is 0.102. The molecule has 0 radical (unpaired) electrons. The molecule has 100 valence electrons. The smallest absolute Gasteiger partial charge is 0.257 e. The van der Waals surface area contributed by atoms with Crippen LogP contribution in [-0.4, -0.2) is 10.9 Å². The fourth-order valence-corrected chi connectivity index (χ4v) is 2.86. The molecule has 0 saturated heterocycles. The fraction of sp³-hybridized carbons (Fsp3) is 0.0625. The molecule has 0 fully saturated rings. The molecule has 1 heterocycles. The molecule has 0 spiro atoms. The average Bonchev–Trinajstić information content (AvgIpc) is 2.86. The summed E-state index contributed by atoms with van der Waals surface area (Å²) in [5.74, 6) is -0.0910. The molecule has 2 aromatic carbocycles. The maximum absolute atomic E-state index is 12.4. The second-order valence-corrected chi connectivity index (χ2v) is 5.91. The van der Waals surface area contributed by atoms with E-state index in [0.29, 0.717) is 5.56 Å². The number of amides is 1. The van der Waals surface area contributed by atoms with Crippen LogP contribution in [0.25, 0.3) is 10.9 Å². The Morgan fingerprint density at radius 1 is 1.20 bits per heavy atom. The van der Waals surface area contributed by atoms with Crippen molar-refractivity contribution in [3.63, 3.8) is 0 Å². The first-order chi connectivity index (χ1) is 9.65. The van der Waals surface area contributed by atoms with Crippen LogP contribution >= 0.6 is 22.6 Å². The van der Waals surface area contributed by atoms with Crippen LogP contribution in [0.15, 0.2) is 48.7 Å². The van der Waals surface area contributed by atoms with Gasteiger partial charge < -0.3 is 10.3 Å². The lowest BCUT2D eigenvalue weighted by Gasteiger charge is -2.08. The number of H-pyrrole nitrogens is 1. The number of halogens is 1. The summed E-state index contributed by atoms with van der Waals surface area (Å²) in [5.41, 5.74) is 3.54. The van der Waals surface area contributed by atoms with E-state index in [4.69, 9.17) is 0 Å². The molecule has 0 atom stereocenters. The standard InChI is InChI=1S/C16H13IN2O/c1-10-8-11(17)6-7-14(10)19-16(20)13-9-18-15-5-3-2-4-12(13)15/h2-9,18H,1H3,(H,19,20). The number of para-hydroxylation sites is 1. The Bertz CT molecular complexity index is 792. The van der Waals surface area contributed by atoms with E-state index in [1.54, 1.807) is 6.20 Å². The Morgan fingerprint density at radius 2 is 2.00 bits per heavy atom. The predicted octanol–water partition coefficient (Wildman–Crippen LogP) is 4.33. The Labute approximate surface area is 130 Å². The number of carbonyl (C=O) groups excluding carboxylic acids is 1. The highest BCUT2D eigenvalue weighted by molar-refractivity contribution is 14.1. The van der Waals surface area contributed by atoms with Gasteiger partial charge in [-0.2, -0.15) is 0 Å². The van der Waals surface area contributed by atoms with Gasteiger partial charge in [0, 0.05) is 26.4 Å². The van der Waals surface area contributed by atoms with Gasteiger partial charge in [0.2, 0.25) is 0 Å². The second-order valence-electron chi connectivity index (χ2n) is 4.66. The molecule has 3 nitrogen and oxygen atoms in total. The number of hydrogen-bond donors (Lipinski definition) is 2. The van der Waals surface area contributed by atoms with Crippen molar-refractivity contribution < 1.29 is 4.79 Å². The highest BCUT2D eigenvalue weighted by Gasteiger charge is 2.12. The molecule has 2 N–H and O–H groups in total. The molecule has 0 bridgehead atoms. The minimum atomic E-state index is -0.0910. The van der Waals surface area contributed by atoms with Gasteiger partial charge in [-0.15, -0.1) is 0 Å². The molecule has 1 aromatic heterocycles. The summed E-state index contributed by atoms with van der Waals surface area (Å²) in [5, 5.41) is 3.91. The van der Waals surface area contributed by atoms with Gasteiger partial charge in [-0.05, 0) is 59.3 Å². The van der Waals surface area contributed by atoms with E-state index >= 15 is 0 Å². The minimum absolute atomic E-state index is 0.0910. The summed E-state index contributed by atoms with van der Waals surface area (Å²) in [6.07, 6.45) is 1.75. The Balaban J connectivity index is 1.93. The van der Waals surface area contributed by atoms with Crippen LogP contribution < -0.4 is 5.32 Å². The summed E-state index contributed by atoms with van der Waals surface area (Å²) >= 11 is 2.26. The zero-order chi connectivity index (χ0) is 14.1. The molecule has 0 unspecified atom stereocenters.